The minimum absolute atomic E-state index is 0.223. The normalized spacial score (nSPS) is 11.5. The van der Waals surface area contributed by atoms with Crippen LogP contribution in [0.25, 0.3) is 0 Å². The third kappa shape index (κ3) is 8.30. The second-order valence-corrected chi connectivity index (χ2v) is 12.7. The molecule has 0 saturated carbocycles. The SMILES string of the molecule is CC(C)(C)OC(=O)Oc1ccc([S+](c2ccccc2)c2ccccc2)cc1.O=S(=O)([O-])c1c(F)c(F)c(F)c(F)c1F. The van der Waals surface area contributed by atoms with Crippen LogP contribution >= 0.6 is 0 Å². The number of rotatable bonds is 5. The molecule has 0 fully saturated rings. The Balaban J connectivity index is 0.000000274. The largest absolute Gasteiger partial charge is 0.744 e. The molecule has 0 spiro atoms. The van der Waals surface area contributed by atoms with Crippen LogP contribution in [0.2, 0.25) is 0 Å². The topological polar surface area (TPSA) is 92.7 Å². The molecule has 6 nitrogen and oxygen atoms in total. The highest BCUT2D eigenvalue weighted by Gasteiger charge is 2.30. The standard InChI is InChI=1S/C23H23O3S.C6HF5O3S/c1-23(2,3)26-22(24)25-18-14-16-21(17-15-18)27(19-10-6-4-7-11-19)20-12-8-5-9-13-20;7-1-2(8)4(10)6(15(12,13)14)5(11)3(1)9/h4-17H,1-3H3;(H,12,13,14)/q+1;/p-1. The van der Waals surface area contributed by atoms with Crippen molar-refractivity contribution < 1.29 is 49.2 Å². The number of carbonyl (C=O) groups is 1. The lowest BCUT2D eigenvalue weighted by Crippen LogP contribution is -2.25. The maximum atomic E-state index is 12.6. The van der Waals surface area contributed by atoms with Crippen LogP contribution in [-0.2, 0) is 25.7 Å². The van der Waals surface area contributed by atoms with Gasteiger partial charge in [-0.2, -0.15) is 0 Å². The monoisotopic (exact) mass is 626 g/mol. The van der Waals surface area contributed by atoms with E-state index in [9.17, 15) is 39.7 Å². The Labute approximate surface area is 241 Å². The van der Waals surface area contributed by atoms with Gasteiger partial charge in [-0.15, -0.1) is 0 Å². The molecule has 13 heteroatoms. The second-order valence-electron chi connectivity index (χ2n) is 9.32. The van der Waals surface area contributed by atoms with Gasteiger partial charge in [0.2, 0.25) is 5.82 Å². The zero-order valence-corrected chi connectivity index (χ0v) is 23.9. The van der Waals surface area contributed by atoms with Crippen molar-refractivity contribution in [2.24, 2.45) is 0 Å². The molecule has 0 aromatic heterocycles. The molecule has 0 heterocycles. The van der Waals surface area contributed by atoms with Crippen molar-refractivity contribution in [2.45, 2.75) is 46.0 Å². The van der Waals surface area contributed by atoms with Crippen LogP contribution in [-0.4, -0.2) is 24.7 Å². The van der Waals surface area contributed by atoms with E-state index in [1.54, 1.807) is 0 Å². The molecule has 0 amide bonds. The number of benzene rings is 4. The molecule has 0 radical (unpaired) electrons. The molecule has 4 rings (SSSR count). The lowest BCUT2D eigenvalue weighted by atomic mass is 10.2. The average molecular weight is 627 g/mol. The predicted octanol–water partition coefficient (Wildman–Crippen LogP) is 7.38. The summed E-state index contributed by atoms with van der Waals surface area (Å²) in [6.45, 7) is 5.42. The molecule has 4 aromatic carbocycles. The fourth-order valence-corrected chi connectivity index (χ4v) is 6.04. The molecule has 0 N–H and O–H groups in total. The highest BCUT2D eigenvalue weighted by Crippen LogP contribution is 2.32. The highest BCUT2D eigenvalue weighted by atomic mass is 32.2. The zero-order valence-electron chi connectivity index (χ0n) is 22.2. The van der Waals surface area contributed by atoms with Gasteiger partial charge in [0, 0.05) is 0 Å². The second kappa shape index (κ2) is 13.4. The first-order valence-electron chi connectivity index (χ1n) is 11.9. The van der Waals surface area contributed by atoms with Gasteiger partial charge >= 0.3 is 6.16 Å². The highest BCUT2D eigenvalue weighted by molar-refractivity contribution is 7.97. The summed E-state index contributed by atoms with van der Waals surface area (Å²) >= 11 is 0. The van der Waals surface area contributed by atoms with E-state index in [4.69, 9.17) is 9.47 Å². The van der Waals surface area contributed by atoms with Gasteiger partial charge in [0.05, 0.1) is 10.9 Å². The molecule has 222 valence electrons. The van der Waals surface area contributed by atoms with Crippen LogP contribution in [0.5, 0.6) is 5.75 Å². The van der Waals surface area contributed by atoms with Gasteiger partial charge in [0.15, 0.2) is 38.0 Å². The van der Waals surface area contributed by atoms with Crippen LogP contribution in [0.4, 0.5) is 26.7 Å². The summed E-state index contributed by atoms with van der Waals surface area (Å²) in [7, 11) is -6.00. The Morgan fingerprint density at radius 2 is 1.05 bits per heavy atom. The summed E-state index contributed by atoms with van der Waals surface area (Å²) in [4.78, 5) is 13.1. The molecule has 0 bridgehead atoms. The zero-order chi connectivity index (χ0) is 31.2. The Kier molecular flexibility index (Phi) is 10.4. The van der Waals surface area contributed by atoms with E-state index >= 15 is 0 Å². The lowest BCUT2D eigenvalue weighted by Gasteiger charge is -2.18. The molecule has 0 saturated heterocycles. The van der Waals surface area contributed by atoms with E-state index < -0.39 is 55.9 Å². The minimum Gasteiger partial charge on any atom is -0.744 e. The molecule has 42 heavy (non-hydrogen) atoms. The molecule has 0 atom stereocenters. The van der Waals surface area contributed by atoms with E-state index in [-0.39, 0.29) is 10.9 Å². The summed E-state index contributed by atoms with van der Waals surface area (Å²) in [6, 6.07) is 28.4. The predicted molar refractivity (Wildman–Crippen MR) is 143 cm³/mol. The Hall–Kier alpha value is -3.94. The van der Waals surface area contributed by atoms with E-state index in [1.165, 1.54) is 9.79 Å². The van der Waals surface area contributed by atoms with Gasteiger partial charge in [-0.1, -0.05) is 36.4 Å². The first-order chi connectivity index (χ1) is 19.6. The Morgan fingerprint density at radius 3 is 1.43 bits per heavy atom. The summed E-state index contributed by atoms with van der Waals surface area (Å²) in [6.07, 6.45) is -0.694. The lowest BCUT2D eigenvalue weighted by molar-refractivity contribution is 0.0206. The number of halogens is 5. The fraction of sp³-hybridized carbons (Fsp3) is 0.138. The number of carbonyl (C=O) groups excluding carboxylic acids is 1. The molecule has 0 aliphatic carbocycles. The van der Waals surface area contributed by atoms with Crippen molar-refractivity contribution in [1.82, 2.24) is 0 Å². The quantitative estimate of drug-likeness (QED) is 0.0437. The first-order valence-corrected chi connectivity index (χ1v) is 14.6. The maximum Gasteiger partial charge on any atom is 0.514 e. The van der Waals surface area contributed by atoms with Gasteiger partial charge < -0.3 is 14.0 Å². The molecular formula is C29H23F5O6S2. The Morgan fingerprint density at radius 1 is 0.667 bits per heavy atom. The van der Waals surface area contributed by atoms with Crippen LogP contribution in [0.15, 0.2) is 105 Å². The molecule has 0 aliphatic heterocycles. The molecular weight excluding hydrogens is 603 g/mol. The van der Waals surface area contributed by atoms with Gasteiger partial charge in [0.1, 0.15) is 26.4 Å². The summed E-state index contributed by atoms with van der Waals surface area (Å²) in [5, 5.41) is 0. The average Bonchev–Trinajstić information content (AvgIpc) is 2.92. The van der Waals surface area contributed by atoms with E-state index in [0.717, 1.165) is 4.90 Å². The van der Waals surface area contributed by atoms with Crippen LogP contribution in [0.3, 0.4) is 0 Å². The van der Waals surface area contributed by atoms with E-state index in [2.05, 4.69) is 48.5 Å². The molecule has 0 aliphatic rings. The van der Waals surface area contributed by atoms with E-state index in [1.807, 2.05) is 57.2 Å². The number of hydrogen-bond acceptors (Lipinski definition) is 6. The van der Waals surface area contributed by atoms with Crippen molar-refractivity contribution in [2.75, 3.05) is 0 Å². The summed E-state index contributed by atoms with van der Waals surface area (Å²) in [5.74, 6) is -12.4. The fourth-order valence-electron chi connectivity index (χ4n) is 3.34. The number of ether oxygens (including phenoxy) is 2. The van der Waals surface area contributed by atoms with Crippen molar-refractivity contribution in [3.63, 3.8) is 0 Å². The van der Waals surface area contributed by atoms with Crippen molar-refractivity contribution in [3.05, 3.63) is 114 Å². The molecule has 0 unspecified atom stereocenters. The minimum atomic E-state index is -5.77. The Bertz CT molecular complexity index is 1580. The van der Waals surface area contributed by atoms with Gasteiger partial charge in [-0.25, -0.2) is 35.2 Å². The number of hydrogen-bond donors (Lipinski definition) is 0. The van der Waals surface area contributed by atoms with Crippen molar-refractivity contribution >= 4 is 27.2 Å². The first kappa shape index (κ1) is 32.6. The third-order valence-electron chi connectivity index (χ3n) is 5.03. The van der Waals surface area contributed by atoms with E-state index in [0.29, 0.717) is 5.75 Å². The van der Waals surface area contributed by atoms with Crippen LogP contribution in [0.1, 0.15) is 20.8 Å². The van der Waals surface area contributed by atoms with Crippen LogP contribution in [0, 0.1) is 29.1 Å². The third-order valence-corrected chi connectivity index (χ3v) is 8.12. The smallest absolute Gasteiger partial charge is 0.514 e. The summed E-state index contributed by atoms with van der Waals surface area (Å²) in [5.41, 5.74) is -0.579. The van der Waals surface area contributed by atoms with Gasteiger partial charge in [-0.3, -0.25) is 0 Å². The van der Waals surface area contributed by atoms with Crippen LogP contribution < -0.4 is 4.74 Å². The van der Waals surface area contributed by atoms with Crippen molar-refractivity contribution in [1.29, 1.82) is 0 Å². The molecule has 4 aromatic rings. The van der Waals surface area contributed by atoms with Crippen molar-refractivity contribution in [3.8, 4) is 5.75 Å². The maximum absolute atomic E-state index is 12.6. The van der Waals surface area contributed by atoms with Gasteiger partial charge in [0.25, 0.3) is 0 Å². The van der Waals surface area contributed by atoms with Gasteiger partial charge in [-0.05, 0) is 69.3 Å². The summed E-state index contributed by atoms with van der Waals surface area (Å²) < 4.78 is 103.